The molecule has 0 spiro atoms. The smallest absolute Gasteiger partial charge is 0.256 e. The molecule has 0 fully saturated rings. The van der Waals surface area contributed by atoms with Crippen molar-refractivity contribution in [2.45, 2.75) is 6.92 Å². The van der Waals surface area contributed by atoms with Crippen LogP contribution >= 0.6 is 0 Å². The van der Waals surface area contributed by atoms with Crippen LogP contribution in [0.4, 0.5) is 0 Å². The van der Waals surface area contributed by atoms with Gasteiger partial charge >= 0.3 is 0 Å². The highest BCUT2D eigenvalue weighted by atomic mass is 16.1. The third kappa shape index (κ3) is 2.23. The molecule has 0 radical (unpaired) electrons. The highest BCUT2D eigenvalue weighted by Gasteiger charge is 2.09. The van der Waals surface area contributed by atoms with Gasteiger partial charge in [0.1, 0.15) is 0 Å². The van der Waals surface area contributed by atoms with Crippen molar-refractivity contribution in [1.29, 1.82) is 0 Å². The first-order chi connectivity index (χ1) is 9.75. The van der Waals surface area contributed by atoms with Crippen molar-refractivity contribution in [1.82, 2.24) is 15.0 Å². The number of aryl methyl sites for hydroxylation is 1. The van der Waals surface area contributed by atoms with E-state index in [4.69, 9.17) is 0 Å². The number of hydrogen-bond donors (Lipinski definition) is 1. The van der Waals surface area contributed by atoms with E-state index in [1.54, 1.807) is 24.8 Å². The van der Waals surface area contributed by atoms with Gasteiger partial charge in [-0.05, 0) is 25.1 Å². The molecule has 0 bridgehead atoms. The van der Waals surface area contributed by atoms with Crippen LogP contribution in [-0.2, 0) is 0 Å². The quantitative estimate of drug-likeness (QED) is 0.773. The lowest BCUT2D eigenvalue weighted by Gasteiger charge is -2.08. The van der Waals surface area contributed by atoms with Crippen molar-refractivity contribution in [2.75, 3.05) is 0 Å². The zero-order valence-corrected chi connectivity index (χ0v) is 11.0. The zero-order chi connectivity index (χ0) is 13.9. The molecule has 0 aliphatic heterocycles. The van der Waals surface area contributed by atoms with Crippen molar-refractivity contribution < 1.29 is 0 Å². The zero-order valence-electron chi connectivity index (χ0n) is 11.0. The fourth-order valence-corrected chi connectivity index (χ4v) is 2.18. The molecule has 3 rings (SSSR count). The molecular formula is C16H13N3O. The van der Waals surface area contributed by atoms with E-state index in [2.05, 4.69) is 15.0 Å². The van der Waals surface area contributed by atoms with Crippen molar-refractivity contribution in [2.24, 2.45) is 0 Å². The van der Waals surface area contributed by atoms with Crippen LogP contribution in [0, 0.1) is 6.92 Å². The molecule has 3 heterocycles. The maximum Gasteiger partial charge on any atom is 0.256 e. The van der Waals surface area contributed by atoms with Gasteiger partial charge in [-0.15, -0.1) is 0 Å². The number of nitrogens with zero attached hydrogens (tertiary/aromatic N) is 2. The molecule has 3 aromatic heterocycles. The summed E-state index contributed by atoms with van der Waals surface area (Å²) in [5, 5.41) is 0. The maximum atomic E-state index is 12.1. The van der Waals surface area contributed by atoms with Crippen molar-refractivity contribution in [3.05, 3.63) is 71.2 Å². The minimum Gasteiger partial charge on any atom is -0.325 e. The Labute approximate surface area is 116 Å². The summed E-state index contributed by atoms with van der Waals surface area (Å²) in [5.41, 5.74) is 4.09. The SMILES string of the molecule is Cc1[nH]c(=O)c(-c2cccnc2)cc1-c1cccnc1. The maximum absolute atomic E-state index is 12.1. The second-order valence-electron chi connectivity index (χ2n) is 4.53. The molecule has 20 heavy (non-hydrogen) atoms. The summed E-state index contributed by atoms with van der Waals surface area (Å²) < 4.78 is 0. The molecule has 0 saturated heterocycles. The first-order valence-electron chi connectivity index (χ1n) is 6.30. The van der Waals surface area contributed by atoms with Gasteiger partial charge in [-0.1, -0.05) is 12.1 Å². The van der Waals surface area contributed by atoms with Gasteiger partial charge in [-0.2, -0.15) is 0 Å². The molecule has 0 atom stereocenters. The number of aromatic nitrogens is 3. The Hall–Kier alpha value is -2.75. The normalized spacial score (nSPS) is 10.4. The average Bonchev–Trinajstić information content (AvgIpc) is 2.49. The van der Waals surface area contributed by atoms with E-state index >= 15 is 0 Å². The predicted octanol–water partition coefficient (Wildman–Crippen LogP) is 2.81. The Bertz CT molecular complexity index is 780. The summed E-state index contributed by atoms with van der Waals surface area (Å²) in [6.07, 6.45) is 6.89. The lowest BCUT2D eigenvalue weighted by Crippen LogP contribution is -2.11. The van der Waals surface area contributed by atoms with Crippen LogP contribution in [0.15, 0.2) is 59.9 Å². The third-order valence-corrected chi connectivity index (χ3v) is 3.18. The van der Waals surface area contributed by atoms with E-state index in [1.807, 2.05) is 37.3 Å². The first-order valence-corrected chi connectivity index (χ1v) is 6.30. The van der Waals surface area contributed by atoms with E-state index in [0.717, 1.165) is 22.4 Å². The van der Waals surface area contributed by atoms with Gasteiger partial charge in [-0.25, -0.2) is 0 Å². The van der Waals surface area contributed by atoms with Crippen LogP contribution in [0.1, 0.15) is 5.69 Å². The number of hydrogen-bond acceptors (Lipinski definition) is 3. The van der Waals surface area contributed by atoms with Crippen LogP contribution in [0.3, 0.4) is 0 Å². The molecule has 0 saturated carbocycles. The molecule has 3 aromatic rings. The van der Waals surface area contributed by atoms with Crippen LogP contribution in [0.25, 0.3) is 22.3 Å². The minimum absolute atomic E-state index is 0.108. The van der Waals surface area contributed by atoms with Gasteiger partial charge in [0, 0.05) is 52.7 Å². The van der Waals surface area contributed by atoms with Gasteiger partial charge in [0.05, 0.1) is 0 Å². The summed E-state index contributed by atoms with van der Waals surface area (Å²) in [5.74, 6) is 0. The molecule has 4 heteroatoms. The summed E-state index contributed by atoms with van der Waals surface area (Å²) >= 11 is 0. The summed E-state index contributed by atoms with van der Waals surface area (Å²) in [6, 6.07) is 9.44. The number of aromatic amines is 1. The van der Waals surface area contributed by atoms with Crippen LogP contribution < -0.4 is 5.56 Å². The van der Waals surface area contributed by atoms with Crippen LogP contribution in [0.2, 0.25) is 0 Å². The molecule has 0 aromatic carbocycles. The van der Waals surface area contributed by atoms with Crippen molar-refractivity contribution in [3.63, 3.8) is 0 Å². The molecular weight excluding hydrogens is 250 g/mol. The molecule has 98 valence electrons. The van der Waals surface area contributed by atoms with Gasteiger partial charge in [0.15, 0.2) is 0 Å². The third-order valence-electron chi connectivity index (χ3n) is 3.18. The van der Waals surface area contributed by atoms with E-state index in [-0.39, 0.29) is 5.56 Å². The van der Waals surface area contributed by atoms with Crippen LogP contribution in [-0.4, -0.2) is 15.0 Å². The Kier molecular flexibility index (Phi) is 3.13. The molecule has 0 unspecified atom stereocenters. The fourth-order valence-electron chi connectivity index (χ4n) is 2.18. The molecule has 0 aliphatic rings. The second kappa shape index (κ2) is 5.09. The summed E-state index contributed by atoms with van der Waals surface area (Å²) in [4.78, 5) is 23.2. The van der Waals surface area contributed by atoms with Crippen LogP contribution in [0.5, 0.6) is 0 Å². The van der Waals surface area contributed by atoms with Gasteiger partial charge in [0.2, 0.25) is 0 Å². The topological polar surface area (TPSA) is 58.6 Å². The molecule has 1 N–H and O–H groups in total. The molecule has 0 aliphatic carbocycles. The Morgan fingerprint density at radius 1 is 0.950 bits per heavy atom. The minimum atomic E-state index is -0.108. The lowest BCUT2D eigenvalue weighted by molar-refractivity contribution is 1.14. The second-order valence-corrected chi connectivity index (χ2v) is 4.53. The first kappa shape index (κ1) is 12.3. The van der Waals surface area contributed by atoms with Crippen molar-refractivity contribution >= 4 is 0 Å². The Balaban J connectivity index is 2.21. The number of nitrogens with one attached hydrogen (secondary N) is 1. The van der Waals surface area contributed by atoms with E-state index in [1.165, 1.54) is 0 Å². The van der Waals surface area contributed by atoms with E-state index in [0.29, 0.717) is 5.56 Å². The van der Waals surface area contributed by atoms with Gasteiger partial charge in [0.25, 0.3) is 5.56 Å². The Morgan fingerprint density at radius 2 is 1.55 bits per heavy atom. The van der Waals surface area contributed by atoms with E-state index < -0.39 is 0 Å². The number of pyridine rings is 3. The summed E-state index contributed by atoms with van der Waals surface area (Å²) in [7, 11) is 0. The highest BCUT2D eigenvalue weighted by Crippen LogP contribution is 2.24. The highest BCUT2D eigenvalue weighted by molar-refractivity contribution is 5.72. The lowest BCUT2D eigenvalue weighted by atomic mass is 10.0. The number of rotatable bonds is 2. The molecule has 0 amide bonds. The Morgan fingerprint density at radius 3 is 2.10 bits per heavy atom. The fraction of sp³-hybridized carbons (Fsp3) is 0.0625. The van der Waals surface area contributed by atoms with Gasteiger partial charge < -0.3 is 4.98 Å². The molecule has 4 nitrogen and oxygen atoms in total. The summed E-state index contributed by atoms with van der Waals surface area (Å²) in [6.45, 7) is 1.89. The standard InChI is InChI=1S/C16H13N3O/c1-11-14(12-4-2-6-17-9-12)8-15(16(20)19-11)13-5-3-7-18-10-13/h2-10H,1H3,(H,19,20). The average molecular weight is 263 g/mol. The monoisotopic (exact) mass is 263 g/mol. The van der Waals surface area contributed by atoms with Gasteiger partial charge in [-0.3, -0.25) is 14.8 Å². The predicted molar refractivity (Wildman–Crippen MR) is 78.3 cm³/mol. The number of H-pyrrole nitrogens is 1. The van der Waals surface area contributed by atoms with Crippen molar-refractivity contribution in [3.8, 4) is 22.3 Å². The van der Waals surface area contributed by atoms with E-state index in [9.17, 15) is 4.79 Å². The largest absolute Gasteiger partial charge is 0.325 e.